The highest BCUT2D eigenvalue weighted by molar-refractivity contribution is 14.0. The van der Waals surface area contributed by atoms with Gasteiger partial charge in [-0.3, -0.25) is 9.89 Å². The molecule has 0 aromatic carbocycles. The highest BCUT2D eigenvalue weighted by Gasteiger charge is 2.18. The standard InChI is InChI=1S/C22H39N7O.HI/c1-3-23-21(27(2)13-6-20-7-18-30-19-8-20)24-11-5-12-28-14-16-29(17-15-28)22-25-9-4-10-26-22;/h4,9-10,20H,3,5-8,11-19H2,1-2H3,(H,23,24);1H. The minimum absolute atomic E-state index is 0. The first kappa shape index (κ1) is 26.1. The van der Waals surface area contributed by atoms with Crippen LogP contribution in [0.2, 0.25) is 0 Å². The molecule has 0 spiro atoms. The van der Waals surface area contributed by atoms with Crippen molar-refractivity contribution in [2.24, 2.45) is 10.9 Å². The third-order valence-electron chi connectivity index (χ3n) is 6.01. The number of guanidine groups is 1. The molecule has 176 valence electrons. The van der Waals surface area contributed by atoms with Crippen LogP contribution in [0.1, 0.15) is 32.6 Å². The molecule has 0 aliphatic carbocycles. The average molecular weight is 546 g/mol. The fourth-order valence-electron chi connectivity index (χ4n) is 4.09. The minimum Gasteiger partial charge on any atom is -0.381 e. The van der Waals surface area contributed by atoms with Crippen molar-refractivity contribution in [1.29, 1.82) is 0 Å². The molecule has 2 fully saturated rings. The smallest absolute Gasteiger partial charge is 0.225 e. The van der Waals surface area contributed by atoms with E-state index in [2.05, 4.69) is 44.0 Å². The van der Waals surface area contributed by atoms with Gasteiger partial charge in [0.1, 0.15) is 0 Å². The highest BCUT2D eigenvalue weighted by Crippen LogP contribution is 2.18. The molecule has 3 rings (SSSR count). The summed E-state index contributed by atoms with van der Waals surface area (Å²) in [6.07, 6.45) is 8.34. The SMILES string of the molecule is CCNC(=NCCCN1CCN(c2ncccn2)CC1)N(C)CCC1CCOCC1.I. The fraction of sp³-hybridized carbons (Fsp3) is 0.773. The molecular weight excluding hydrogens is 505 g/mol. The molecular formula is C22H40IN7O. The van der Waals surface area contributed by atoms with E-state index in [9.17, 15) is 0 Å². The summed E-state index contributed by atoms with van der Waals surface area (Å²) in [5, 5.41) is 3.45. The molecule has 0 bridgehead atoms. The quantitative estimate of drug-likeness (QED) is 0.221. The lowest BCUT2D eigenvalue weighted by molar-refractivity contribution is 0.0625. The summed E-state index contributed by atoms with van der Waals surface area (Å²) in [6, 6.07) is 1.87. The van der Waals surface area contributed by atoms with Crippen LogP contribution in [-0.2, 0) is 4.74 Å². The van der Waals surface area contributed by atoms with Gasteiger partial charge in [-0.25, -0.2) is 9.97 Å². The van der Waals surface area contributed by atoms with Crippen LogP contribution in [0.25, 0.3) is 0 Å². The number of hydrogen-bond acceptors (Lipinski definition) is 6. The van der Waals surface area contributed by atoms with E-state index >= 15 is 0 Å². The molecule has 0 amide bonds. The maximum absolute atomic E-state index is 5.47. The predicted molar refractivity (Wildman–Crippen MR) is 137 cm³/mol. The molecule has 1 aromatic rings. The van der Waals surface area contributed by atoms with E-state index in [1.807, 2.05) is 18.5 Å². The van der Waals surface area contributed by atoms with E-state index in [0.29, 0.717) is 0 Å². The zero-order valence-corrected chi connectivity index (χ0v) is 21.5. The average Bonchev–Trinajstić information content (AvgIpc) is 2.81. The summed E-state index contributed by atoms with van der Waals surface area (Å²) >= 11 is 0. The van der Waals surface area contributed by atoms with Gasteiger partial charge in [-0.2, -0.15) is 0 Å². The van der Waals surface area contributed by atoms with Crippen LogP contribution in [0.4, 0.5) is 5.95 Å². The Labute approximate surface area is 204 Å². The Morgan fingerprint density at radius 3 is 2.58 bits per heavy atom. The molecule has 0 atom stereocenters. The summed E-state index contributed by atoms with van der Waals surface area (Å²) in [4.78, 5) is 20.7. The van der Waals surface area contributed by atoms with Gasteiger partial charge in [0.05, 0.1) is 0 Å². The lowest BCUT2D eigenvalue weighted by Gasteiger charge is -2.34. The molecule has 31 heavy (non-hydrogen) atoms. The molecule has 0 unspecified atom stereocenters. The van der Waals surface area contributed by atoms with Gasteiger partial charge in [0.25, 0.3) is 0 Å². The maximum Gasteiger partial charge on any atom is 0.225 e. The minimum atomic E-state index is 0. The third kappa shape index (κ3) is 9.05. The zero-order chi connectivity index (χ0) is 21.0. The van der Waals surface area contributed by atoms with Crippen molar-refractivity contribution in [1.82, 2.24) is 25.1 Å². The normalized spacial score (nSPS) is 18.5. The van der Waals surface area contributed by atoms with E-state index in [4.69, 9.17) is 9.73 Å². The maximum atomic E-state index is 5.47. The molecule has 9 heteroatoms. The van der Waals surface area contributed by atoms with Crippen LogP contribution < -0.4 is 10.2 Å². The molecule has 2 aliphatic heterocycles. The van der Waals surface area contributed by atoms with Gasteiger partial charge in [0, 0.05) is 85.0 Å². The van der Waals surface area contributed by atoms with Crippen molar-refractivity contribution in [3.63, 3.8) is 0 Å². The van der Waals surface area contributed by atoms with Crippen LogP contribution in [0.15, 0.2) is 23.5 Å². The number of aliphatic imine (C=N–C) groups is 1. The first-order chi connectivity index (χ1) is 14.8. The van der Waals surface area contributed by atoms with Crippen LogP contribution in [0.3, 0.4) is 0 Å². The Balaban J connectivity index is 0.00000341. The van der Waals surface area contributed by atoms with Gasteiger partial charge < -0.3 is 19.9 Å². The Morgan fingerprint density at radius 2 is 1.90 bits per heavy atom. The van der Waals surface area contributed by atoms with Crippen molar-refractivity contribution < 1.29 is 4.74 Å². The summed E-state index contributed by atoms with van der Waals surface area (Å²) in [7, 11) is 2.16. The van der Waals surface area contributed by atoms with Crippen LogP contribution in [0.5, 0.6) is 0 Å². The third-order valence-corrected chi connectivity index (χ3v) is 6.01. The van der Waals surface area contributed by atoms with Crippen LogP contribution in [0, 0.1) is 5.92 Å². The van der Waals surface area contributed by atoms with Crippen molar-refractivity contribution in [3.05, 3.63) is 18.5 Å². The summed E-state index contributed by atoms with van der Waals surface area (Å²) in [6.45, 7) is 12.0. The predicted octanol–water partition coefficient (Wildman–Crippen LogP) is 2.32. The van der Waals surface area contributed by atoms with Gasteiger partial charge in [0.15, 0.2) is 5.96 Å². The Hall–Kier alpha value is -1.20. The van der Waals surface area contributed by atoms with Gasteiger partial charge in [0.2, 0.25) is 5.95 Å². The lowest BCUT2D eigenvalue weighted by atomic mass is 9.96. The largest absolute Gasteiger partial charge is 0.381 e. The van der Waals surface area contributed by atoms with E-state index in [1.54, 1.807) is 0 Å². The Morgan fingerprint density at radius 1 is 1.19 bits per heavy atom. The number of ether oxygens (including phenoxy) is 1. The van der Waals surface area contributed by atoms with Crippen LogP contribution >= 0.6 is 24.0 Å². The van der Waals surface area contributed by atoms with Crippen molar-refractivity contribution in [2.45, 2.75) is 32.6 Å². The van der Waals surface area contributed by atoms with Gasteiger partial charge >= 0.3 is 0 Å². The Kier molecular flexibility index (Phi) is 12.4. The first-order valence-corrected chi connectivity index (χ1v) is 11.6. The number of halogens is 1. The molecule has 2 aliphatic rings. The van der Waals surface area contributed by atoms with Gasteiger partial charge in [-0.05, 0) is 44.6 Å². The first-order valence-electron chi connectivity index (χ1n) is 11.6. The fourth-order valence-corrected chi connectivity index (χ4v) is 4.09. The number of hydrogen-bond donors (Lipinski definition) is 1. The van der Waals surface area contributed by atoms with E-state index in [-0.39, 0.29) is 24.0 Å². The van der Waals surface area contributed by atoms with Crippen molar-refractivity contribution in [2.75, 3.05) is 77.5 Å². The van der Waals surface area contributed by atoms with E-state index < -0.39 is 0 Å². The second kappa shape index (κ2) is 14.8. The number of rotatable bonds is 9. The van der Waals surface area contributed by atoms with Gasteiger partial charge in [-0.1, -0.05) is 0 Å². The van der Waals surface area contributed by atoms with Crippen LogP contribution in [-0.4, -0.2) is 98.3 Å². The number of nitrogens with zero attached hydrogens (tertiary/aromatic N) is 6. The number of aromatic nitrogens is 2. The lowest BCUT2D eigenvalue weighted by Crippen LogP contribution is -2.47. The van der Waals surface area contributed by atoms with E-state index in [1.165, 1.54) is 19.3 Å². The van der Waals surface area contributed by atoms with Crippen molar-refractivity contribution in [3.8, 4) is 0 Å². The second-order valence-electron chi connectivity index (χ2n) is 8.23. The highest BCUT2D eigenvalue weighted by atomic mass is 127. The zero-order valence-electron chi connectivity index (χ0n) is 19.2. The van der Waals surface area contributed by atoms with E-state index in [0.717, 1.165) is 89.8 Å². The topological polar surface area (TPSA) is 69.1 Å². The molecule has 0 radical (unpaired) electrons. The summed E-state index contributed by atoms with van der Waals surface area (Å²) < 4.78 is 5.47. The number of nitrogens with one attached hydrogen (secondary N) is 1. The second-order valence-corrected chi connectivity index (χ2v) is 8.23. The van der Waals surface area contributed by atoms with Gasteiger partial charge in [-0.15, -0.1) is 24.0 Å². The molecule has 3 heterocycles. The molecule has 8 nitrogen and oxygen atoms in total. The van der Waals surface area contributed by atoms with Crippen molar-refractivity contribution >= 4 is 35.9 Å². The molecule has 1 N–H and O–H groups in total. The number of piperazine rings is 1. The number of anilines is 1. The summed E-state index contributed by atoms with van der Waals surface area (Å²) in [5.41, 5.74) is 0. The molecule has 2 saturated heterocycles. The summed E-state index contributed by atoms with van der Waals surface area (Å²) in [5.74, 6) is 2.68. The molecule has 0 saturated carbocycles. The molecule has 1 aromatic heterocycles. The Bertz CT molecular complexity index is 620. The monoisotopic (exact) mass is 545 g/mol.